The zero-order valence-corrected chi connectivity index (χ0v) is 39.5. The molecule has 0 bridgehead atoms. The van der Waals surface area contributed by atoms with Crippen molar-refractivity contribution in [2.45, 2.75) is 0 Å². The number of hydrogen-bond donors (Lipinski definition) is 0. The number of hydrogen-bond acceptors (Lipinski definition) is 2. The first-order chi connectivity index (χ1) is 35.2. The molecule has 0 saturated carbocycles. The minimum atomic E-state index is 1.09. The lowest BCUT2D eigenvalue weighted by atomic mass is 9.95. The van der Waals surface area contributed by atoms with Gasteiger partial charge >= 0.3 is 0 Å². The highest BCUT2D eigenvalue weighted by Gasteiger charge is 2.23. The van der Waals surface area contributed by atoms with E-state index in [0.717, 1.165) is 28.3 Å². The summed E-state index contributed by atoms with van der Waals surface area (Å²) in [5, 5.41) is 9.99. The van der Waals surface area contributed by atoms with Gasteiger partial charge in [0.25, 0.3) is 0 Å². The molecule has 71 heavy (non-hydrogen) atoms. The predicted molar refractivity (Wildman–Crippen MR) is 305 cm³/mol. The molecule has 14 aromatic rings. The van der Waals surface area contributed by atoms with Crippen LogP contribution in [0.5, 0.6) is 0 Å². The summed E-state index contributed by atoms with van der Waals surface area (Å²) in [5.41, 5.74) is 16.5. The van der Waals surface area contributed by atoms with Gasteiger partial charge in [-0.25, -0.2) is 0 Å². The molecule has 14 rings (SSSR count). The third-order valence-corrected chi connectivity index (χ3v) is 15.6. The molecule has 0 unspecified atom stereocenters. The number of fused-ring (bicyclic) bond motifs is 8. The van der Waals surface area contributed by atoms with Crippen LogP contribution in [-0.4, -0.2) is 4.57 Å². The van der Waals surface area contributed by atoms with Crippen molar-refractivity contribution in [1.82, 2.24) is 4.57 Å². The number of thiophene rings is 1. The van der Waals surface area contributed by atoms with Crippen LogP contribution >= 0.6 is 11.3 Å². The van der Waals surface area contributed by atoms with Gasteiger partial charge in [-0.1, -0.05) is 194 Å². The van der Waals surface area contributed by atoms with Crippen molar-refractivity contribution >= 4 is 91.9 Å². The Balaban J connectivity index is 0.962. The summed E-state index contributed by atoms with van der Waals surface area (Å²) in [6, 6.07) is 98.0. The molecule has 2 nitrogen and oxygen atoms in total. The third kappa shape index (κ3) is 6.93. The Bertz CT molecular complexity index is 4340. The quantitative estimate of drug-likeness (QED) is 0.147. The minimum absolute atomic E-state index is 1.09. The maximum Gasteiger partial charge on any atom is 0.0555 e. The largest absolute Gasteiger partial charge is 0.310 e. The molecule has 0 N–H and O–H groups in total. The molecular formula is C68H44N2S. The molecule has 12 aromatic carbocycles. The molecule has 0 fully saturated rings. The lowest BCUT2D eigenvalue weighted by molar-refractivity contribution is 1.18. The van der Waals surface area contributed by atoms with Gasteiger partial charge in [0.2, 0.25) is 0 Å². The summed E-state index contributed by atoms with van der Waals surface area (Å²) >= 11 is 1.89. The zero-order chi connectivity index (χ0) is 46.8. The van der Waals surface area contributed by atoms with Gasteiger partial charge in [-0.15, -0.1) is 11.3 Å². The molecule has 0 aliphatic heterocycles. The Hall–Kier alpha value is -9.02. The van der Waals surface area contributed by atoms with Gasteiger partial charge in [0, 0.05) is 53.6 Å². The number of nitrogens with zero attached hydrogens (tertiary/aromatic N) is 2. The number of rotatable bonds is 8. The fourth-order valence-corrected chi connectivity index (χ4v) is 12.3. The average molecular weight is 921 g/mol. The van der Waals surface area contributed by atoms with Gasteiger partial charge in [0.05, 0.1) is 16.7 Å². The molecule has 0 saturated heterocycles. The summed E-state index contributed by atoms with van der Waals surface area (Å²) < 4.78 is 4.95. The van der Waals surface area contributed by atoms with Gasteiger partial charge < -0.3 is 9.47 Å². The lowest BCUT2D eigenvalue weighted by Crippen LogP contribution is -2.10. The van der Waals surface area contributed by atoms with E-state index < -0.39 is 0 Å². The fraction of sp³-hybridized carbons (Fsp3) is 0. The first kappa shape index (κ1) is 41.0. The summed E-state index contributed by atoms with van der Waals surface area (Å²) in [6.07, 6.45) is 0. The second-order valence-electron chi connectivity index (χ2n) is 18.4. The van der Waals surface area contributed by atoms with E-state index >= 15 is 0 Å². The maximum atomic E-state index is 2.49. The normalized spacial score (nSPS) is 11.7. The number of anilines is 3. The Morgan fingerprint density at radius 1 is 0.310 bits per heavy atom. The van der Waals surface area contributed by atoms with E-state index in [1.54, 1.807) is 0 Å². The molecule has 0 amide bonds. The molecule has 2 aromatic heterocycles. The van der Waals surface area contributed by atoms with Crippen molar-refractivity contribution in [2.24, 2.45) is 0 Å². The first-order valence-corrected chi connectivity index (χ1v) is 25.1. The third-order valence-electron chi connectivity index (χ3n) is 14.4. The standard InChI is InChI=1S/C68H44N2S/c1-2-23-53(24-3-1)70-62-31-10-8-27-60(62)66-57(29-15-32-63(66)70)52-22-13-25-55(44-52)69(54-38-36-46(37-39-54)49-20-12-21-50(42-49)51-35-34-45-16-4-5-18-48(45)43-51)64-41-40-59(58-30-14-19-47-17-6-7-26-56(47)58)68-67(64)61-28-9-11-33-65(61)71-68/h1-44H. The van der Waals surface area contributed by atoms with Crippen LogP contribution in [0.2, 0.25) is 0 Å². The van der Waals surface area contributed by atoms with Crippen LogP contribution in [-0.2, 0) is 0 Å². The van der Waals surface area contributed by atoms with E-state index in [-0.39, 0.29) is 0 Å². The van der Waals surface area contributed by atoms with E-state index in [0.29, 0.717) is 0 Å². The molecular weight excluding hydrogens is 877 g/mol. The number of aromatic nitrogens is 1. The summed E-state index contributed by atoms with van der Waals surface area (Å²) in [5.74, 6) is 0. The molecule has 332 valence electrons. The Kier molecular flexibility index (Phi) is 9.75. The highest BCUT2D eigenvalue weighted by atomic mass is 32.1. The van der Waals surface area contributed by atoms with Crippen LogP contribution in [0.1, 0.15) is 0 Å². The van der Waals surface area contributed by atoms with Gasteiger partial charge in [0.1, 0.15) is 0 Å². The van der Waals surface area contributed by atoms with Crippen molar-refractivity contribution in [1.29, 1.82) is 0 Å². The SMILES string of the molecule is c1ccc(-n2c3ccccc3c3c(-c4cccc(N(c5ccc(-c6cccc(-c7ccc8ccccc8c7)c6)cc5)c5ccc(-c6cccc7ccccc67)c6sc7ccccc7c56)c4)cccc32)cc1. The van der Waals surface area contributed by atoms with Crippen LogP contribution in [0.3, 0.4) is 0 Å². The Morgan fingerprint density at radius 2 is 0.930 bits per heavy atom. The molecule has 0 atom stereocenters. The van der Waals surface area contributed by atoms with Gasteiger partial charge in [0.15, 0.2) is 0 Å². The summed E-state index contributed by atoms with van der Waals surface area (Å²) in [6.45, 7) is 0. The molecule has 0 spiro atoms. The smallest absolute Gasteiger partial charge is 0.0555 e. The average Bonchev–Trinajstić information content (AvgIpc) is 4.01. The van der Waals surface area contributed by atoms with Crippen molar-refractivity contribution < 1.29 is 0 Å². The molecule has 0 aliphatic rings. The van der Waals surface area contributed by atoms with Crippen molar-refractivity contribution in [2.75, 3.05) is 4.90 Å². The zero-order valence-electron chi connectivity index (χ0n) is 38.7. The van der Waals surface area contributed by atoms with Crippen LogP contribution in [0.25, 0.3) is 114 Å². The van der Waals surface area contributed by atoms with Crippen molar-refractivity contribution in [3.8, 4) is 50.2 Å². The maximum absolute atomic E-state index is 2.49. The van der Waals surface area contributed by atoms with Crippen molar-refractivity contribution in [3.05, 3.63) is 267 Å². The van der Waals surface area contributed by atoms with Crippen LogP contribution < -0.4 is 4.90 Å². The second kappa shape index (κ2) is 16.9. The Labute approximate surface area is 416 Å². The highest BCUT2D eigenvalue weighted by molar-refractivity contribution is 7.26. The van der Waals surface area contributed by atoms with E-state index in [2.05, 4.69) is 276 Å². The fourth-order valence-electron chi connectivity index (χ4n) is 11.1. The molecule has 2 heterocycles. The second-order valence-corrected chi connectivity index (χ2v) is 19.5. The number of benzene rings is 12. The van der Waals surface area contributed by atoms with Gasteiger partial charge in [-0.3, -0.25) is 0 Å². The summed E-state index contributed by atoms with van der Waals surface area (Å²) in [7, 11) is 0. The predicted octanol–water partition coefficient (Wildman–Crippen LogP) is 19.6. The van der Waals surface area contributed by atoms with E-state index in [1.807, 2.05) is 11.3 Å². The summed E-state index contributed by atoms with van der Waals surface area (Å²) in [4.78, 5) is 2.49. The molecule has 0 radical (unpaired) electrons. The van der Waals surface area contributed by atoms with Crippen LogP contribution in [0.4, 0.5) is 17.1 Å². The lowest BCUT2D eigenvalue weighted by Gasteiger charge is -2.28. The monoisotopic (exact) mass is 920 g/mol. The number of para-hydroxylation sites is 2. The van der Waals surface area contributed by atoms with Crippen molar-refractivity contribution in [3.63, 3.8) is 0 Å². The minimum Gasteiger partial charge on any atom is -0.310 e. The van der Waals surface area contributed by atoms with Crippen LogP contribution in [0, 0.1) is 0 Å². The van der Waals surface area contributed by atoms with Gasteiger partial charge in [-0.2, -0.15) is 0 Å². The molecule has 3 heteroatoms. The van der Waals surface area contributed by atoms with E-state index in [4.69, 9.17) is 0 Å². The highest BCUT2D eigenvalue weighted by Crippen LogP contribution is 2.50. The Morgan fingerprint density at radius 3 is 1.80 bits per heavy atom. The first-order valence-electron chi connectivity index (χ1n) is 24.3. The van der Waals surface area contributed by atoms with E-state index in [1.165, 1.54) is 102 Å². The van der Waals surface area contributed by atoms with Crippen LogP contribution in [0.15, 0.2) is 267 Å². The van der Waals surface area contributed by atoms with Gasteiger partial charge in [-0.05, 0) is 133 Å². The topological polar surface area (TPSA) is 8.17 Å². The van der Waals surface area contributed by atoms with E-state index in [9.17, 15) is 0 Å². The molecule has 0 aliphatic carbocycles.